The summed E-state index contributed by atoms with van der Waals surface area (Å²) in [5.74, 6) is 0.868. The Morgan fingerprint density at radius 1 is 0.955 bits per heavy atom. The van der Waals surface area contributed by atoms with E-state index < -0.39 is 0 Å². The van der Waals surface area contributed by atoms with E-state index in [1.165, 1.54) is 11.1 Å². The zero-order chi connectivity index (χ0) is 14.9. The minimum atomic E-state index is 0.334. The van der Waals surface area contributed by atoms with Gasteiger partial charge in [-0.05, 0) is 18.1 Å². The van der Waals surface area contributed by atoms with E-state index in [0.717, 1.165) is 35.6 Å². The number of aromatic nitrogens is 1. The molecule has 3 aromatic rings. The monoisotopic (exact) mass is 291 g/mol. The molecule has 0 aliphatic carbocycles. The van der Waals surface area contributed by atoms with Gasteiger partial charge in [0.2, 0.25) is 0 Å². The quantitative estimate of drug-likeness (QED) is 0.674. The van der Waals surface area contributed by atoms with Crippen molar-refractivity contribution in [3.05, 3.63) is 65.9 Å². The zero-order valence-corrected chi connectivity index (χ0v) is 12.5. The molecule has 1 unspecified atom stereocenters. The lowest BCUT2D eigenvalue weighted by Crippen LogP contribution is -1.95. The minimum absolute atomic E-state index is 0.334. The molecular formula is C19H17NO2. The van der Waals surface area contributed by atoms with E-state index in [1.54, 1.807) is 0 Å². The Morgan fingerprint density at radius 3 is 2.27 bits per heavy atom. The molecule has 1 aromatic heterocycles. The van der Waals surface area contributed by atoms with Crippen molar-refractivity contribution in [2.75, 3.05) is 6.61 Å². The van der Waals surface area contributed by atoms with Crippen LogP contribution in [0.5, 0.6) is 0 Å². The Bertz CT molecular complexity index is 771. The molecule has 1 aliphatic rings. The Kier molecular flexibility index (Phi) is 3.28. The lowest BCUT2D eigenvalue weighted by atomic mass is 10.00. The third kappa shape index (κ3) is 2.55. The second-order valence-corrected chi connectivity index (χ2v) is 5.68. The fourth-order valence-corrected chi connectivity index (χ4v) is 2.71. The first kappa shape index (κ1) is 13.3. The summed E-state index contributed by atoms with van der Waals surface area (Å²) >= 11 is 0. The highest BCUT2D eigenvalue weighted by Crippen LogP contribution is 2.31. The standard InChI is InChI=1S/C19H17NO2/c1-13-18(11-17-12-21-17)19(22-20-13)16-9-7-15(8-10-16)14-5-3-2-4-6-14/h2-10,17H,11-12H2,1H3. The van der Waals surface area contributed by atoms with Crippen LogP contribution in [-0.4, -0.2) is 17.9 Å². The lowest BCUT2D eigenvalue weighted by Gasteiger charge is -2.04. The fraction of sp³-hybridized carbons (Fsp3) is 0.211. The average Bonchev–Trinajstić information content (AvgIpc) is 3.32. The van der Waals surface area contributed by atoms with E-state index in [4.69, 9.17) is 9.26 Å². The molecule has 0 bridgehead atoms. The van der Waals surface area contributed by atoms with Gasteiger partial charge in [0.15, 0.2) is 5.76 Å². The largest absolute Gasteiger partial charge is 0.373 e. The van der Waals surface area contributed by atoms with Gasteiger partial charge in [-0.1, -0.05) is 59.8 Å². The van der Waals surface area contributed by atoms with Gasteiger partial charge in [-0.25, -0.2) is 0 Å². The molecule has 1 saturated heterocycles. The van der Waals surface area contributed by atoms with Crippen molar-refractivity contribution in [3.8, 4) is 22.5 Å². The van der Waals surface area contributed by atoms with Crippen molar-refractivity contribution < 1.29 is 9.26 Å². The van der Waals surface area contributed by atoms with Crippen molar-refractivity contribution in [2.45, 2.75) is 19.4 Å². The highest BCUT2D eigenvalue weighted by molar-refractivity contribution is 5.69. The van der Waals surface area contributed by atoms with Gasteiger partial charge in [0.1, 0.15) is 0 Å². The van der Waals surface area contributed by atoms with E-state index >= 15 is 0 Å². The molecule has 22 heavy (non-hydrogen) atoms. The van der Waals surface area contributed by atoms with Gasteiger partial charge in [0.05, 0.1) is 18.4 Å². The van der Waals surface area contributed by atoms with Crippen LogP contribution in [0.1, 0.15) is 11.3 Å². The van der Waals surface area contributed by atoms with E-state index in [1.807, 2.05) is 13.0 Å². The van der Waals surface area contributed by atoms with Gasteiger partial charge in [0.25, 0.3) is 0 Å². The summed E-state index contributed by atoms with van der Waals surface area (Å²) in [6, 6.07) is 18.8. The van der Waals surface area contributed by atoms with Crippen LogP contribution in [0.2, 0.25) is 0 Å². The molecular weight excluding hydrogens is 274 g/mol. The molecule has 0 saturated carbocycles. The first-order chi connectivity index (χ1) is 10.8. The molecule has 1 atom stereocenters. The second-order valence-electron chi connectivity index (χ2n) is 5.68. The SMILES string of the molecule is Cc1noc(-c2ccc(-c3ccccc3)cc2)c1CC1CO1. The van der Waals surface area contributed by atoms with E-state index in [0.29, 0.717) is 6.10 Å². The van der Waals surface area contributed by atoms with Crippen LogP contribution >= 0.6 is 0 Å². The molecule has 2 heterocycles. The molecule has 4 rings (SSSR count). The molecule has 3 heteroatoms. The van der Waals surface area contributed by atoms with Crippen molar-refractivity contribution >= 4 is 0 Å². The normalized spacial score (nSPS) is 16.7. The highest BCUT2D eigenvalue weighted by Gasteiger charge is 2.27. The van der Waals surface area contributed by atoms with Gasteiger partial charge >= 0.3 is 0 Å². The first-order valence-electron chi connectivity index (χ1n) is 7.54. The van der Waals surface area contributed by atoms with E-state index in [-0.39, 0.29) is 0 Å². The summed E-state index contributed by atoms with van der Waals surface area (Å²) in [5, 5.41) is 4.12. The number of rotatable bonds is 4. The molecule has 0 spiro atoms. The molecule has 0 N–H and O–H groups in total. The summed E-state index contributed by atoms with van der Waals surface area (Å²) in [6.45, 7) is 2.83. The van der Waals surface area contributed by atoms with Gasteiger partial charge < -0.3 is 9.26 Å². The van der Waals surface area contributed by atoms with Crippen LogP contribution in [0.15, 0.2) is 59.1 Å². The maximum Gasteiger partial charge on any atom is 0.170 e. The topological polar surface area (TPSA) is 38.6 Å². The smallest absolute Gasteiger partial charge is 0.170 e. The molecule has 0 amide bonds. The second kappa shape index (κ2) is 5.43. The summed E-state index contributed by atoms with van der Waals surface area (Å²) in [7, 11) is 0. The van der Waals surface area contributed by atoms with Crippen molar-refractivity contribution in [1.29, 1.82) is 0 Å². The Morgan fingerprint density at radius 2 is 1.59 bits per heavy atom. The van der Waals surface area contributed by atoms with Crippen LogP contribution < -0.4 is 0 Å². The summed E-state index contributed by atoms with van der Waals surface area (Å²) in [6.07, 6.45) is 1.21. The highest BCUT2D eigenvalue weighted by atomic mass is 16.6. The van der Waals surface area contributed by atoms with Crippen LogP contribution in [0.3, 0.4) is 0 Å². The van der Waals surface area contributed by atoms with E-state index in [2.05, 4.69) is 53.7 Å². The predicted octanol–water partition coefficient (Wildman–Crippen LogP) is 4.26. The summed E-state index contributed by atoms with van der Waals surface area (Å²) in [5.41, 5.74) is 5.60. The number of epoxide rings is 1. The van der Waals surface area contributed by atoms with Gasteiger partial charge in [-0.15, -0.1) is 0 Å². The average molecular weight is 291 g/mol. The zero-order valence-electron chi connectivity index (χ0n) is 12.5. The van der Waals surface area contributed by atoms with Crippen LogP contribution in [0, 0.1) is 6.92 Å². The summed E-state index contributed by atoms with van der Waals surface area (Å²) < 4.78 is 10.9. The van der Waals surface area contributed by atoms with Gasteiger partial charge in [0, 0.05) is 17.5 Å². The molecule has 0 radical (unpaired) electrons. The number of hydrogen-bond donors (Lipinski definition) is 0. The first-order valence-corrected chi connectivity index (χ1v) is 7.54. The lowest BCUT2D eigenvalue weighted by molar-refractivity contribution is 0.406. The molecule has 2 aromatic carbocycles. The number of aryl methyl sites for hydroxylation is 1. The predicted molar refractivity (Wildman–Crippen MR) is 85.6 cm³/mol. The maximum absolute atomic E-state index is 5.55. The van der Waals surface area contributed by atoms with Gasteiger partial charge in [-0.3, -0.25) is 0 Å². The number of nitrogens with zero attached hydrogens (tertiary/aromatic N) is 1. The van der Waals surface area contributed by atoms with E-state index in [9.17, 15) is 0 Å². The Hall–Kier alpha value is -2.39. The molecule has 110 valence electrons. The van der Waals surface area contributed by atoms with Gasteiger partial charge in [-0.2, -0.15) is 0 Å². The van der Waals surface area contributed by atoms with Crippen LogP contribution in [0.25, 0.3) is 22.5 Å². The van der Waals surface area contributed by atoms with Crippen molar-refractivity contribution in [2.24, 2.45) is 0 Å². The summed E-state index contributed by atoms with van der Waals surface area (Å²) in [4.78, 5) is 0. The van der Waals surface area contributed by atoms with Crippen LogP contribution in [0.4, 0.5) is 0 Å². The number of hydrogen-bond acceptors (Lipinski definition) is 3. The van der Waals surface area contributed by atoms with Crippen LogP contribution in [-0.2, 0) is 11.2 Å². The third-order valence-electron chi connectivity index (χ3n) is 4.07. The van der Waals surface area contributed by atoms with Crippen molar-refractivity contribution in [3.63, 3.8) is 0 Å². The molecule has 1 fully saturated rings. The number of ether oxygens (including phenoxy) is 1. The maximum atomic E-state index is 5.55. The molecule has 3 nitrogen and oxygen atoms in total. The molecule has 1 aliphatic heterocycles. The fourth-order valence-electron chi connectivity index (χ4n) is 2.71. The Labute approximate surface area is 129 Å². The number of benzene rings is 2. The third-order valence-corrected chi connectivity index (χ3v) is 4.07. The Balaban J connectivity index is 1.66. The van der Waals surface area contributed by atoms with Crippen molar-refractivity contribution in [1.82, 2.24) is 5.16 Å². The minimum Gasteiger partial charge on any atom is -0.373 e.